The van der Waals surface area contributed by atoms with Gasteiger partial charge >= 0.3 is 0 Å². The molecule has 0 saturated heterocycles. The van der Waals surface area contributed by atoms with Crippen LogP contribution in [0.15, 0.2) is 78.9 Å². The lowest BCUT2D eigenvalue weighted by atomic mass is 9.94. The highest BCUT2D eigenvalue weighted by Crippen LogP contribution is 2.36. The van der Waals surface area contributed by atoms with Crippen LogP contribution in [0.4, 0.5) is 0 Å². The Morgan fingerprint density at radius 3 is 1.80 bits per heavy atom. The normalized spacial score (nSPS) is 10.8. The summed E-state index contributed by atoms with van der Waals surface area (Å²) in [7, 11) is 0. The van der Waals surface area contributed by atoms with Crippen LogP contribution < -0.4 is 0 Å². The molecular weight excluding hydrogens is 322 g/mol. The van der Waals surface area contributed by atoms with Gasteiger partial charge in [-0.2, -0.15) is 4.37 Å². The van der Waals surface area contributed by atoms with E-state index in [9.17, 15) is 0 Å². The van der Waals surface area contributed by atoms with Crippen LogP contribution in [0.5, 0.6) is 0 Å². The number of benzene rings is 3. The smallest absolute Gasteiger partial charge is 0.0847 e. The van der Waals surface area contributed by atoms with Crippen molar-refractivity contribution in [2.75, 3.05) is 0 Å². The Balaban J connectivity index is 1.76. The lowest BCUT2D eigenvalue weighted by molar-refractivity contribution is 1.39. The minimum Gasteiger partial charge on any atom is -0.192 e. The van der Waals surface area contributed by atoms with Gasteiger partial charge in [-0.25, -0.2) is 0 Å². The van der Waals surface area contributed by atoms with Crippen LogP contribution in [0, 0.1) is 13.8 Å². The van der Waals surface area contributed by atoms with Gasteiger partial charge < -0.3 is 0 Å². The molecule has 122 valence electrons. The fourth-order valence-corrected chi connectivity index (χ4v) is 4.22. The molecule has 0 saturated carbocycles. The van der Waals surface area contributed by atoms with Crippen molar-refractivity contribution < 1.29 is 0 Å². The molecule has 2 heteroatoms. The molecule has 1 nitrogen and oxygen atoms in total. The molecule has 0 N–H and O–H groups in total. The van der Waals surface area contributed by atoms with Gasteiger partial charge in [-0.1, -0.05) is 72.8 Å². The highest BCUT2D eigenvalue weighted by Gasteiger charge is 2.12. The van der Waals surface area contributed by atoms with E-state index in [1.54, 1.807) is 11.5 Å². The first-order chi connectivity index (χ1) is 12.2. The minimum absolute atomic E-state index is 1.05. The zero-order valence-electron chi connectivity index (χ0n) is 14.4. The van der Waals surface area contributed by atoms with Crippen LogP contribution in [0.25, 0.3) is 32.8 Å². The molecule has 0 aliphatic carbocycles. The Hall–Kier alpha value is -2.71. The third-order valence-electron chi connectivity index (χ3n) is 4.47. The van der Waals surface area contributed by atoms with Crippen molar-refractivity contribution in [1.29, 1.82) is 0 Å². The summed E-state index contributed by atoms with van der Waals surface area (Å²) in [4.78, 5) is 1.23. The summed E-state index contributed by atoms with van der Waals surface area (Å²) < 4.78 is 4.67. The molecule has 0 fully saturated rings. The summed E-state index contributed by atoms with van der Waals surface area (Å²) >= 11 is 1.58. The molecule has 3 aromatic carbocycles. The minimum atomic E-state index is 1.05. The van der Waals surface area contributed by atoms with Crippen LogP contribution in [-0.4, -0.2) is 4.37 Å². The van der Waals surface area contributed by atoms with Crippen LogP contribution in [0.1, 0.15) is 11.1 Å². The van der Waals surface area contributed by atoms with E-state index in [1.165, 1.54) is 38.3 Å². The summed E-state index contributed by atoms with van der Waals surface area (Å²) in [5.74, 6) is 0. The summed E-state index contributed by atoms with van der Waals surface area (Å²) in [5.41, 5.74) is 8.64. The van der Waals surface area contributed by atoms with Crippen molar-refractivity contribution in [2.24, 2.45) is 0 Å². The number of nitrogens with zero attached hydrogens (tertiary/aromatic N) is 1. The SMILES string of the molecule is Cc1cc(-c2ccccc2)cc(C)c1-c1cc(-c2ccccc2)ns1. The Morgan fingerprint density at radius 2 is 1.20 bits per heavy atom. The van der Waals surface area contributed by atoms with Crippen molar-refractivity contribution in [3.63, 3.8) is 0 Å². The largest absolute Gasteiger partial charge is 0.192 e. The molecular formula is C23H19NS. The molecule has 1 heterocycles. The third kappa shape index (κ3) is 3.13. The zero-order valence-corrected chi connectivity index (χ0v) is 15.2. The summed E-state index contributed by atoms with van der Waals surface area (Å²) in [6.07, 6.45) is 0. The average Bonchev–Trinajstić information content (AvgIpc) is 3.12. The molecule has 0 spiro atoms. The summed E-state index contributed by atoms with van der Waals surface area (Å²) in [6.45, 7) is 4.38. The summed E-state index contributed by atoms with van der Waals surface area (Å²) in [6, 6.07) is 27.7. The lowest BCUT2D eigenvalue weighted by Gasteiger charge is -2.11. The molecule has 0 aliphatic rings. The van der Waals surface area contributed by atoms with Gasteiger partial charge in [0.1, 0.15) is 0 Å². The number of rotatable bonds is 3. The van der Waals surface area contributed by atoms with E-state index in [0.717, 1.165) is 5.69 Å². The zero-order chi connectivity index (χ0) is 17.2. The third-order valence-corrected chi connectivity index (χ3v) is 5.27. The van der Waals surface area contributed by atoms with E-state index in [1.807, 2.05) is 6.07 Å². The Morgan fingerprint density at radius 1 is 0.640 bits per heavy atom. The van der Waals surface area contributed by atoms with Crippen molar-refractivity contribution in [3.05, 3.63) is 90.0 Å². The maximum absolute atomic E-state index is 4.67. The van der Waals surface area contributed by atoms with Crippen LogP contribution >= 0.6 is 11.5 Å². The molecule has 0 radical (unpaired) electrons. The monoisotopic (exact) mass is 341 g/mol. The molecule has 0 atom stereocenters. The van der Waals surface area contributed by atoms with Crippen LogP contribution in [0.3, 0.4) is 0 Å². The number of hydrogen-bond donors (Lipinski definition) is 0. The van der Waals surface area contributed by atoms with Gasteiger partial charge in [0.25, 0.3) is 0 Å². The van der Waals surface area contributed by atoms with Gasteiger partial charge in [-0.05, 0) is 59.3 Å². The number of aryl methyl sites for hydroxylation is 2. The molecule has 4 aromatic rings. The highest BCUT2D eigenvalue weighted by molar-refractivity contribution is 7.09. The topological polar surface area (TPSA) is 12.9 Å². The lowest BCUT2D eigenvalue weighted by Crippen LogP contribution is -1.89. The number of aromatic nitrogens is 1. The first-order valence-electron chi connectivity index (χ1n) is 8.41. The van der Waals surface area contributed by atoms with Gasteiger partial charge in [0.05, 0.1) is 10.6 Å². The van der Waals surface area contributed by atoms with E-state index in [4.69, 9.17) is 0 Å². The van der Waals surface area contributed by atoms with E-state index >= 15 is 0 Å². The molecule has 1 aromatic heterocycles. The van der Waals surface area contributed by atoms with Gasteiger partial charge in [-0.15, -0.1) is 0 Å². The van der Waals surface area contributed by atoms with Crippen LogP contribution in [0.2, 0.25) is 0 Å². The molecule has 4 rings (SSSR count). The fraction of sp³-hybridized carbons (Fsp3) is 0.0870. The second-order valence-corrected chi connectivity index (χ2v) is 7.10. The predicted molar refractivity (Wildman–Crippen MR) is 108 cm³/mol. The average molecular weight is 341 g/mol. The second kappa shape index (κ2) is 6.66. The molecule has 0 bridgehead atoms. The van der Waals surface area contributed by atoms with Crippen LogP contribution in [-0.2, 0) is 0 Å². The first-order valence-corrected chi connectivity index (χ1v) is 9.19. The van der Waals surface area contributed by atoms with Gasteiger partial charge in [0.15, 0.2) is 0 Å². The second-order valence-electron chi connectivity index (χ2n) is 6.29. The summed E-state index contributed by atoms with van der Waals surface area (Å²) in [5, 5.41) is 0. The van der Waals surface area contributed by atoms with Crippen molar-refractivity contribution >= 4 is 11.5 Å². The van der Waals surface area contributed by atoms with E-state index in [0.29, 0.717) is 0 Å². The van der Waals surface area contributed by atoms with Gasteiger partial charge in [-0.3, -0.25) is 0 Å². The predicted octanol–water partition coefficient (Wildman–Crippen LogP) is 6.76. The Kier molecular flexibility index (Phi) is 4.21. The van der Waals surface area contributed by atoms with E-state index in [-0.39, 0.29) is 0 Å². The first kappa shape index (κ1) is 15.8. The number of hydrogen-bond acceptors (Lipinski definition) is 2. The molecule has 0 unspecified atom stereocenters. The molecule has 25 heavy (non-hydrogen) atoms. The van der Waals surface area contributed by atoms with Gasteiger partial charge in [0.2, 0.25) is 0 Å². The van der Waals surface area contributed by atoms with Crippen molar-refractivity contribution in [1.82, 2.24) is 4.37 Å². The Bertz CT molecular complexity index is 978. The van der Waals surface area contributed by atoms with E-state index in [2.05, 4.69) is 91.0 Å². The highest BCUT2D eigenvalue weighted by atomic mass is 32.1. The van der Waals surface area contributed by atoms with E-state index < -0.39 is 0 Å². The molecule has 0 aliphatic heterocycles. The van der Waals surface area contributed by atoms with Crippen molar-refractivity contribution in [2.45, 2.75) is 13.8 Å². The standard InChI is InChI=1S/C23H19NS/c1-16-13-20(18-9-5-3-6-10-18)14-17(2)23(16)22-15-21(24-25-22)19-11-7-4-8-12-19/h3-15H,1-2H3. The fourth-order valence-electron chi connectivity index (χ4n) is 3.29. The van der Waals surface area contributed by atoms with Gasteiger partial charge in [0, 0.05) is 5.56 Å². The van der Waals surface area contributed by atoms with Crippen molar-refractivity contribution in [3.8, 4) is 32.8 Å². The quantitative estimate of drug-likeness (QED) is 0.401. The Labute approximate surface area is 152 Å². The maximum Gasteiger partial charge on any atom is 0.0847 e. The maximum atomic E-state index is 4.67. The molecule has 0 amide bonds.